The molecule has 15 heavy (non-hydrogen) atoms. The van der Waals surface area contributed by atoms with Crippen LogP contribution < -0.4 is 10.6 Å². The third-order valence-corrected chi connectivity index (χ3v) is 2.96. The molecule has 0 saturated carbocycles. The molecular weight excluding hydrogens is 234 g/mol. The van der Waals surface area contributed by atoms with Crippen molar-refractivity contribution in [3.8, 4) is 0 Å². The minimum absolute atomic E-state index is 0. The fourth-order valence-corrected chi connectivity index (χ4v) is 2.06. The Kier molecular flexibility index (Phi) is 6.47. The summed E-state index contributed by atoms with van der Waals surface area (Å²) in [5.74, 6) is -0.0530. The molecule has 0 spiro atoms. The van der Waals surface area contributed by atoms with Gasteiger partial charge in [0.2, 0.25) is 0 Å². The van der Waals surface area contributed by atoms with Crippen LogP contribution in [-0.4, -0.2) is 24.5 Å². The molecule has 6 heteroatoms. The standard InChI is InChI=1S/C9H15N3OS.ClH/c1-4-11-5-7-12-6(2)8(14-7)9(13)10-3;/h11H,4-5H2,1-3H3,(H,10,13);1H. The normalized spacial score (nSPS) is 9.53. The van der Waals surface area contributed by atoms with E-state index in [2.05, 4.69) is 15.6 Å². The van der Waals surface area contributed by atoms with Crippen LogP contribution in [0.25, 0.3) is 0 Å². The highest BCUT2D eigenvalue weighted by Gasteiger charge is 2.12. The van der Waals surface area contributed by atoms with E-state index >= 15 is 0 Å². The maximum absolute atomic E-state index is 11.4. The summed E-state index contributed by atoms with van der Waals surface area (Å²) in [6.07, 6.45) is 0. The number of aryl methyl sites for hydroxylation is 1. The summed E-state index contributed by atoms with van der Waals surface area (Å²) >= 11 is 1.45. The molecule has 2 N–H and O–H groups in total. The maximum Gasteiger partial charge on any atom is 0.263 e. The largest absolute Gasteiger partial charge is 0.354 e. The molecule has 0 aromatic carbocycles. The molecular formula is C9H16ClN3OS. The number of rotatable bonds is 4. The van der Waals surface area contributed by atoms with Gasteiger partial charge in [0.05, 0.1) is 5.69 Å². The van der Waals surface area contributed by atoms with E-state index in [4.69, 9.17) is 0 Å². The molecule has 0 unspecified atom stereocenters. The van der Waals surface area contributed by atoms with Crippen molar-refractivity contribution in [2.75, 3.05) is 13.6 Å². The van der Waals surface area contributed by atoms with Gasteiger partial charge in [0.15, 0.2) is 0 Å². The Hall–Kier alpha value is -0.650. The highest BCUT2D eigenvalue weighted by atomic mass is 35.5. The minimum atomic E-state index is -0.0530. The Morgan fingerprint density at radius 3 is 2.73 bits per heavy atom. The number of thiazole rings is 1. The summed E-state index contributed by atoms with van der Waals surface area (Å²) in [5.41, 5.74) is 0.808. The van der Waals surface area contributed by atoms with Gasteiger partial charge in [0.1, 0.15) is 9.88 Å². The topological polar surface area (TPSA) is 54.0 Å². The molecule has 0 atom stereocenters. The van der Waals surface area contributed by atoms with Gasteiger partial charge < -0.3 is 10.6 Å². The van der Waals surface area contributed by atoms with Gasteiger partial charge in [0.25, 0.3) is 5.91 Å². The van der Waals surface area contributed by atoms with Crippen LogP contribution in [0.15, 0.2) is 0 Å². The van der Waals surface area contributed by atoms with Crippen LogP contribution in [0.2, 0.25) is 0 Å². The van der Waals surface area contributed by atoms with E-state index in [1.54, 1.807) is 7.05 Å². The molecule has 0 aliphatic heterocycles. The molecule has 0 radical (unpaired) electrons. The predicted octanol–water partition coefficient (Wildman–Crippen LogP) is 1.34. The van der Waals surface area contributed by atoms with Gasteiger partial charge >= 0.3 is 0 Å². The molecule has 0 aliphatic carbocycles. The zero-order valence-corrected chi connectivity index (χ0v) is 10.7. The smallest absolute Gasteiger partial charge is 0.263 e. The summed E-state index contributed by atoms with van der Waals surface area (Å²) in [5, 5.41) is 6.74. The number of hydrogen-bond donors (Lipinski definition) is 2. The van der Waals surface area contributed by atoms with Gasteiger partial charge in [-0.3, -0.25) is 4.79 Å². The van der Waals surface area contributed by atoms with E-state index in [0.29, 0.717) is 4.88 Å². The van der Waals surface area contributed by atoms with Crippen LogP contribution in [0, 0.1) is 6.92 Å². The van der Waals surface area contributed by atoms with E-state index < -0.39 is 0 Å². The Bertz CT molecular complexity index is 327. The molecule has 1 rings (SSSR count). The summed E-state index contributed by atoms with van der Waals surface area (Å²) in [6, 6.07) is 0. The Balaban J connectivity index is 0.00000196. The molecule has 0 saturated heterocycles. The first kappa shape index (κ1) is 14.3. The van der Waals surface area contributed by atoms with Gasteiger partial charge in [-0.05, 0) is 13.5 Å². The highest BCUT2D eigenvalue weighted by molar-refractivity contribution is 7.13. The fraction of sp³-hybridized carbons (Fsp3) is 0.556. The monoisotopic (exact) mass is 249 g/mol. The van der Waals surface area contributed by atoms with Crippen molar-refractivity contribution in [1.29, 1.82) is 0 Å². The lowest BCUT2D eigenvalue weighted by molar-refractivity contribution is 0.0966. The summed E-state index contributed by atoms with van der Waals surface area (Å²) < 4.78 is 0. The number of halogens is 1. The van der Waals surface area contributed by atoms with E-state index in [0.717, 1.165) is 23.8 Å². The Morgan fingerprint density at radius 2 is 2.20 bits per heavy atom. The van der Waals surface area contributed by atoms with Gasteiger partial charge in [-0.15, -0.1) is 23.7 Å². The van der Waals surface area contributed by atoms with Crippen molar-refractivity contribution in [3.63, 3.8) is 0 Å². The second-order valence-corrected chi connectivity index (χ2v) is 3.97. The third kappa shape index (κ3) is 3.77. The minimum Gasteiger partial charge on any atom is -0.354 e. The van der Waals surface area contributed by atoms with Crippen molar-refractivity contribution < 1.29 is 4.79 Å². The number of carbonyl (C=O) groups is 1. The van der Waals surface area contributed by atoms with Crippen molar-refractivity contribution in [2.24, 2.45) is 0 Å². The lowest BCUT2D eigenvalue weighted by Gasteiger charge is -1.95. The summed E-state index contributed by atoms with van der Waals surface area (Å²) in [6.45, 7) is 5.55. The molecule has 0 aliphatic rings. The molecule has 1 aromatic rings. The van der Waals surface area contributed by atoms with Crippen molar-refractivity contribution in [1.82, 2.24) is 15.6 Å². The number of nitrogens with one attached hydrogen (secondary N) is 2. The predicted molar refractivity (Wildman–Crippen MR) is 64.9 cm³/mol. The van der Waals surface area contributed by atoms with Gasteiger partial charge in [-0.25, -0.2) is 4.98 Å². The van der Waals surface area contributed by atoms with Gasteiger partial charge in [-0.1, -0.05) is 6.92 Å². The van der Waals surface area contributed by atoms with Gasteiger partial charge in [-0.2, -0.15) is 0 Å². The molecule has 0 bridgehead atoms. The van der Waals surface area contributed by atoms with Crippen molar-refractivity contribution in [3.05, 3.63) is 15.6 Å². The SMILES string of the molecule is CCNCc1nc(C)c(C(=O)NC)s1.Cl. The van der Waals surface area contributed by atoms with Crippen molar-refractivity contribution >= 4 is 29.7 Å². The molecule has 4 nitrogen and oxygen atoms in total. The number of hydrogen-bond acceptors (Lipinski definition) is 4. The maximum atomic E-state index is 11.4. The molecule has 0 fully saturated rings. The molecule has 86 valence electrons. The first-order valence-corrected chi connectivity index (χ1v) is 5.39. The van der Waals surface area contributed by atoms with Crippen LogP contribution in [0.5, 0.6) is 0 Å². The Labute approximate surface area is 99.9 Å². The average molecular weight is 250 g/mol. The summed E-state index contributed by atoms with van der Waals surface area (Å²) in [4.78, 5) is 16.4. The summed E-state index contributed by atoms with van der Waals surface area (Å²) in [7, 11) is 1.63. The third-order valence-electron chi connectivity index (χ3n) is 1.80. The first-order valence-electron chi connectivity index (χ1n) is 4.58. The highest BCUT2D eigenvalue weighted by Crippen LogP contribution is 2.17. The molecule has 1 amide bonds. The van der Waals surface area contributed by atoms with E-state index in [-0.39, 0.29) is 18.3 Å². The zero-order valence-electron chi connectivity index (χ0n) is 9.09. The van der Waals surface area contributed by atoms with Crippen LogP contribution in [0.3, 0.4) is 0 Å². The number of amides is 1. The molecule has 1 heterocycles. The second-order valence-electron chi connectivity index (χ2n) is 2.88. The lowest BCUT2D eigenvalue weighted by atomic mass is 10.4. The fourth-order valence-electron chi connectivity index (χ4n) is 1.08. The quantitative estimate of drug-likeness (QED) is 0.847. The van der Waals surface area contributed by atoms with Crippen LogP contribution in [0.4, 0.5) is 0 Å². The average Bonchev–Trinajstić information content (AvgIpc) is 2.55. The van der Waals surface area contributed by atoms with Crippen LogP contribution in [0.1, 0.15) is 27.3 Å². The van der Waals surface area contributed by atoms with E-state index in [1.807, 2.05) is 13.8 Å². The lowest BCUT2D eigenvalue weighted by Crippen LogP contribution is -2.17. The van der Waals surface area contributed by atoms with E-state index in [1.165, 1.54) is 11.3 Å². The number of aromatic nitrogens is 1. The van der Waals surface area contributed by atoms with Gasteiger partial charge in [0, 0.05) is 13.6 Å². The molecule has 1 aromatic heterocycles. The first-order chi connectivity index (χ1) is 6.69. The van der Waals surface area contributed by atoms with Crippen LogP contribution in [-0.2, 0) is 6.54 Å². The van der Waals surface area contributed by atoms with Crippen molar-refractivity contribution in [2.45, 2.75) is 20.4 Å². The van der Waals surface area contributed by atoms with Crippen LogP contribution >= 0.6 is 23.7 Å². The number of carbonyl (C=O) groups excluding carboxylic acids is 1. The second kappa shape index (κ2) is 6.76. The zero-order chi connectivity index (χ0) is 10.6. The van der Waals surface area contributed by atoms with E-state index in [9.17, 15) is 4.79 Å². The number of nitrogens with zero attached hydrogens (tertiary/aromatic N) is 1. The Morgan fingerprint density at radius 1 is 1.53 bits per heavy atom.